The molecule has 0 aliphatic rings. The standard InChI is InChI=1S/C11H15N3O2S/c1-8-5-6-14-9(2)12-11(10(14)7-8)17(15,16)13(3)4/h5-7H,1-4H3. The smallest absolute Gasteiger partial charge is 0.262 e. The highest BCUT2D eigenvalue weighted by molar-refractivity contribution is 7.89. The molecule has 0 aliphatic carbocycles. The first-order valence-electron chi connectivity index (χ1n) is 5.22. The molecule has 0 aromatic carbocycles. The van der Waals surface area contributed by atoms with Gasteiger partial charge in [-0.25, -0.2) is 17.7 Å². The van der Waals surface area contributed by atoms with Gasteiger partial charge in [0.25, 0.3) is 10.0 Å². The van der Waals surface area contributed by atoms with Gasteiger partial charge < -0.3 is 4.40 Å². The Labute approximate surface area is 101 Å². The molecule has 0 fully saturated rings. The van der Waals surface area contributed by atoms with Crippen molar-refractivity contribution in [2.45, 2.75) is 18.9 Å². The lowest BCUT2D eigenvalue weighted by atomic mass is 10.3. The first-order chi connectivity index (χ1) is 7.84. The van der Waals surface area contributed by atoms with Gasteiger partial charge in [-0.1, -0.05) is 0 Å². The zero-order chi connectivity index (χ0) is 12.8. The number of hydrogen-bond donors (Lipinski definition) is 0. The topological polar surface area (TPSA) is 54.7 Å². The molecule has 2 aromatic rings. The van der Waals surface area contributed by atoms with Gasteiger partial charge >= 0.3 is 0 Å². The minimum absolute atomic E-state index is 0.115. The summed E-state index contributed by atoms with van der Waals surface area (Å²) in [6.45, 7) is 3.71. The Kier molecular flexibility index (Phi) is 2.71. The first-order valence-corrected chi connectivity index (χ1v) is 6.66. The average Bonchev–Trinajstić information content (AvgIpc) is 2.56. The van der Waals surface area contributed by atoms with Crippen LogP contribution in [0.4, 0.5) is 0 Å². The third-order valence-electron chi connectivity index (χ3n) is 2.67. The molecule has 5 nitrogen and oxygen atoms in total. The molecule has 92 valence electrons. The van der Waals surface area contributed by atoms with Gasteiger partial charge in [0.05, 0.1) is 5.52 Å². The highest BCUT2D eigenvalue weighted by Crippen LogP contribution is 2.21. The van der Waals surface area contributed by atoms with Crippen LogP contribution in [0.2, 0.25) is 0 Å². The summed E-state index contributed by atoms with van der Waals surface area (Å²) in [5, 5.41) is 0.115. The summed E-state index contributed by atoms with van der Waals surface area (Å²) >= 11 is 0. The summed E-state index contributed by atoms with van der Waals surface area (Å²) in [5.41, 5.74) is 1.63. The van der Waals surface area contributed by atoms with Crippen molar-refractivity contribution in [2.24, 2.45) is 0 Å². The second kappa shape index (κ2) is 3.82. The maximum atomic E-state index is 12.1. The average molecular weight is 253 g/mol. The van der Waals surface area contributed by atoms with Gasteiger partial charge in [0.2, 0.25) is 0 Å². The van der Waals surface area contributed by atoms with Gasteiger partial charge in [0, 0.05) is 20.3 Å². The van der Waals surface area contributed by atoms with E-state index in [2.05, 4.69) is 4.98 Å². The molecule has 2 aromatic heterocycles. The summed E-state index contributed by atoms with van der Waals surface area (Å²) in [7, 11) is -0.487. The zero-order valence-corrected chi connectivity index (χ0v) is 11.1. The number of aromatic nitrogens is 2. The lowest BCUT2D eigenvalue weighted by Gasteiger charge is -2.09. The van der Waals surface area contributed by atoms with Crippen LogP contribution >= 0.6 is 0 Å². The molecule has 0 unspecified atom stereocenters. The Hall–Kier alpha value is -1.40. The number of nitrogens with zero attached hydrogens (tertiary/aromatic N) is 3. The lowest BCUT2D eigenvalue weighted by molar-refractivity contribution is 0.518. The summed E-state index contributed by atoms with van der Waals surface area (Å²) in [6.07, 6.45) is 1.84. The van der Waals surface area contributed by atoms with E-state index in [9.17, 15) is 8.42 Å². The molecule has 0 saturated heterocycles. The summed E-state index contributed by atoms with van der Waals surface area (Å²) < 4.78 is 27.2. The Bertz CT molecular complexity index is 671. The number of aryl methyl sites for hydroxylation is 2. The molecule has 2 rings (SSSR count). The Morgan fingerprint density at radius 3 is 2.53 bits per heavy atom. The fourth-order valence-corrected chi connectivity index (χ4v) is 2.69. The molecule has 0 amide bonds. The van der Waals surface area contributed by atoms with Gasteiger partial charge in [-0.15, -0.1) is 0 Å². The molecule has 2 heterocycles. The van der Waals surface area contributed by atoms with Crippen LogP contribution in [0.5, 0.6) is 0 Å². The van der Waals surface area contributed by atoms with E-state index in [4.69, 9.17) is 0 Å². The number of hydrogen-bond acceptors (Lipinski definition) is 3. The Balaban J connectivity index is 2.84. The highest BCUT2D eigenvalue weighted by atomic mass is 32.2. The molecule has 0 aliphatic heterocycles. The SMILES string of the molecule is Cc1ccn2c(C)nc(S(=O)(=O)N(C)C)c2c1. The lowest BCUT2D eigenvalue weighted by Crippen LogP contribution is -2.22. The molecule has 0 N–H and O–H groups in total. The molecular weight excluding hydrogens is 238 g/mol. The van der Waals surface area contributed by atoms with Gasteiger partial charge in [-0.3, -0.25) is 0 Å². The molecule has 17 heavy (non-hydrogen) atoms. The predicted octanol–water partition coefficient (Wildman–Crippen LogP) is 1.20. The second-order valence-electron chi connectivity index (χ2n) is 4.21. The van der Waals surface area contributed by atoms with Crippen molar-refractivity contribution < 1.29 is 8.42 Å². The van der Waals surface area contributed by atoms with Crippen LogP contribution < -0.4 is 0 Å². The third kappa shape index (κ3) is 1.83. The highest BCUT2D eigenvalue weighted by Gasteiger charge is 2.24. The van der Waals surface area contributed by atoms with Gasteiger partial charge in [-0.2, -0.15) is 0 Å². The number of sulfonamides is 1. The molecule has 0 atom stereocenters. The van der Waals surface area contributed by atoms with Crippen molar-refractivity contribution in [3.8, 4) is 0 Å². The van der Waals surface area contributed by atoms with Gasteiger partial charge in [0.1, 0.15) is 5.82 Å². The second-order valence-corrected chi connectivity index (χ2v) is 6.28. The van der Waals surface area contributed by atoms with E-state index in [0.29, 0.717) is 11.3 Å². The molecule has 0 spiro atoms. The van der Waals surface area contributed by atoms with Crippen molar-refractivity contribution in [1.29, 1.82) is 0 Å². The fraction of sp³-hybridized carbons (Fsp3) is 0.364. The Morgan fingerprint density at radius 1 is 1.29 bits per heavy atom. The van der Waals surface area contributed by atoms with Gasteiger partial charge in [-0.05, 0) is 31.5 Å². The molecular formula is C11H15N3O2S. The van der Waals surface area contributed by atoms with Crippen molar-refractivity contribution >= 4 is 15.5 Å². The van der Waals surface area contributed by atoms with Crippen molar-refractivity contribution in [3.05, 3.63) is 29.7 Å². The number of pyridine rings is 1. The Morgan fingerprint density at radius 2 is 1.94 bits per heavy atom. The molecule has 0 radical (unpaired) electrons. The van der Waals surface area contributed by atoms with E-state index in [1.165, 1.54) is 18.4 Å². The quantitative estimate of drug-likeness (QED) is 0.808. The number of fused-ring (bicyclic) bond motifs is 1. The van der Waals surface area contributed by atoms with E-state index in [-0.39, 0.29) is 5.03 Å². The predicted molar refractivity (Wildman–Crippen MR) is 65.5 cm³/mol. The maximum absolute atomic E-state index is 12.1. The molecule has 0 saturated carbocycles. The molecule has 0 bridgehead atoms. The van der Waals surface area contributed by atoms with Crippen molar-refractivity contribution in [2.75, 3.05) is 14.1 Å². The first kappa shape index (κ1) is 12.1. The minimum atomic E-state index is -3.50. The van der Waals surface area contributed by atoms with Gasteiger partial charge in [0.15, 0.2) is 5.03 Å². The van der Waals surface area contributed by atoms with Crippen LogP contribution in [0, 0.1) is 13.8 Å². The number of imidazole rings is 1. The van der Waals surface area contributed by atoms with Crippen molar-refractivity contribution in [3.63, 3.8) is 0 Å². The van der Waals surface area contributed by atoms with Crippen LogP contribution in [0.3, 0.4) is 0 Å². The van der Waals surface area contributed by atoms with Crippen LogP contribution in [-0.4, -0.2) is 36.2 Å². The summed E-state index contributed by atoms with van der Waals surface area (Å²) in [5.74, 6) is 0.667. The maximum Gasteiger partial charge on any atom is 0.262 e. The van der Waals surface area contributed by atoms with Crippen molar-refractivity contribution in [1.82, 2.24) is 13.7 Å². The van der Waals surface area contributed by atoms with E-state index in [1.54, 1.807) is 11.3 Å². The third-order valence-corrected chi connectivity index (χ3v) is 4.42. The van der Waals surface area contributed by atoms with Crippen LogP contribution in [0.25, 0.3) is 5.52 Å². The van der Waals surface area contributed by atoms with E-state index >= 15 is 0 Å². The summed E-state index contributed by atoms with van der Waals surface area (Å²) in [6, 6.07) is 3.75. The normalized spacial score (nSPS) is 12.5. The fourth-order valence-electron chi connectivity index (χ4n) is 1.67. The monoisotopic (exact) mass is 253 g/mol. The van der Waals surface area contributed by atoms with Crippen LogP contribution in [0.1, 0.15) is 11.4 Å². The zero-order valence-electron chi connectivity index (χ0n) is 10.3. The molecule has 6 heteroatoms. The summed E-state index contributed by atoms with van der Waals surface area (Å²) in [4.78, 5) is 4.16. The largest absolute Gasteiger partial charge is 0.303 e. The number of rotatable bonds is 2. The van der Waals surface area contributed by atoms with E-state index in [0.717, 1.165) is 5.56 Å². The van der Waals surface area contributed by atoms with Crippen LogP contribution in [0.15, 0.2) is 23.4 Å². The minimum Gasteiger partial charge on any atom is -0.303 e. The van der Waals surface area contributed by atoms with Crippen LogP contribution in [-0.2, 0) is 10.0 Å². The van der Waals surface area contributed by atoms with E-state index < -0.39 is 10.0 Å². The van der Waals surface area contributed by atoms with E-state index in [1.807, 2.05) is 25.3 Å².